The van der Waals surface area contributed by atoms with Crippen molar-refractivity contribution in [2.24, 2.45) is 0 Å². The van der Waals surface area contributed by atoms with E-state index in [9.17, 15) is 0 Å². The van der Waals surface area contributed by atoms with Crippen LogP contribution >= 0.6 is 0 Å². The van der Waals surface area contributed by atoms with E-state index in [-0.39, 0.29) is 0 Å². The Morgan fingerprint density at radius 3 is 2.38 bits per heavy atom. The maximum atomic E-state index is 5.62. The molecule has 0 aromatic carbocycles. The Kier molecular flexibility index (Phi) is 12.9. The molecule has 0 amide bonds. The van der Waals surface area contributed by atoms with E-state index < -0.39 is 0 Å². The second-order valence-corrected chi connectivity index (χ2v) is 4.67. The van der Waals surface area contributed by atoms with E-state index >= 15 is 0 Å². The highest BCUT2D eigenvalue weighted by Crippen LogP contribution is 2.02. The standard InChI is InChI=1S/C14H31NO/c1-4-6-7-8-9-12-16-13-10-14(3)15-11-5-2/h14-15H,4-13H2,1-3H3. The van der Waals surface area contributed by atoms with E-state index in [1.165, 1.54) is 38.5 Å². The summed E-state index contributed by atoms with van der Waals surface area (Å²) < 4.78 is 5.62. The lowest BCUT2D eigenvalue weighted by atomic mass is 10.2. The molecule has 0 radical (unpaired) electrons. The summed E-state index contributed by atoms with van der Waals surface area (Å²) in [6.45, 7) is 9.67. The first-order chi connectivity index (χ1) is 7.81. The van der Waals surface area contributed by atoms with E-state index in [2.05, 4.69) is 26.1 Å². The molecule has 0 aromatic rings. The molecule has 0 aliphatic rings. The third-order valence-electron chi connectivity index (χ3n) is 2.83. The first-order valence-electron chi connectivity index (χ1n) is 7.12. The molecular formula is C14H31NO. The van der Waals surface area contributed by atoms with Crippen LogP contribution < -0.4 is 5.32 Å². The molecule has 98 valence electrons. The summed E-state index contributed by atoms with van der Waals surface area (Å²) >= 11 is 0. The highest BCUT2D eigenvalue weighted by atomic mass is 16.5. The number of hydrogen-bond acceptors (Lipinski definition) is 2. The fourth-order valence-corrected chi connectivity index (χ4v) is 1.66. The predicted octanol–water partition coefficient (Wildman–Crippen LogP) is 3.75. The maximum Gasteiger partial charge on any atom is 0.0480 e. The Labute approximate surface area is 102 Å². The van der Waals surface area contributed by atoms with Crippen LogP contribution in [0.5, 0.6) is 0 Å². The first kappa shape index (κ1) is 15.9. The third kappa shape index (κ3) is 12.0. The molecule has 0 fully saturated rings. The highest BCUT2D eigenvalue weighted by Gasteiger charge is 1.99. The summed E-state index contributed by atoms with van der Waals surface area (Å²) in [5.41, 5.74) is 0. The van der Waals surface area contributed by atoms with E-state index in [0.717, 1.165) is 26.2 Å². The van der Waals surface area contributed by atoms with Gasteiger partial charge in [-0.1, -0.05) is 39.5 Å². The normalized spacial score (nSPS) is 12.9. The van der Waals surface area contributed by atoms with Crippen LogP contribution in [0, 0.1) is 0 Å². The molecule has 2 nitrogen and oxygen atoms in total. The lowest BCUT2D eigenvalue weighted by Crippen LogP contribution is -2.27. The van der Waals surface area contributed by atoms with E-state index in [4.69, 9.17) is 4.74 Å². The van der Waals surface area contributed by atoms with Gasteiger partial charge >= 0.3 is 0 Å². The number of nitrogens with one attached hydrogen (secondary N) is 1. The van der Waals surface area contributed by atoms with Gasteiger partial charge in [-0.3, -0.25) is 0 Å². The number of hydrogen-bond donors (Lipinski definition) is 1. The molecular weight excluding hydrogens is 198 g/mol. The molecule has 0 aliphatic heterocycles. The van der Waals surface area contributed by atoms with Crippen LogP contribution in [-0.2, 0) is 4.74 Å². The van der Waals surface area contributed by atoms with Gasteiger partial charge in [-0.15, -0.1) is 0 Å². The summed E-state index contributed by atoms with van der Waals surface area (Å²) in [6, 6.07) is 0.597. The topological polar surface area (TPSA) is 21.3 Å². The molecule has 0 heterocycles. The van der Waals surface area contributed by atoms with Crippen LogP contribution in [-0.4, -0.2) is 25.8 Å². The van der Waals surface area contributed by atoms with Gasteiger partial charge in [-0.25, -0.2) is 0 Å². The minimum atomic E-state index is 0.597. The van der Waals surface area contributed by atoms with Crippen LogP contribution in [0.15, 0.2) is 0 Å². The summed E-state index contributed by atoms with van der Waals surface area (Å²) in [5, 5.41) is 3.47. The second kappa shape index (κ2) is 13.0. The van der Waals surface area contributed by atoms with Crippen molar-refractivity contribution in [2.75, 3.05) is 19.8 Å². The quantitative estimate of drug-likeness (QED) is 0.515. The van der Waals surface area contributed by atoms with Gasteiger partial charge in [0.1, 0.15) is 0 Å². The van der Waals surface area contributed by atoms with Crippen LogP contribution in [0.1, 0.15) is 65.7 Å². The fourth-order valence-electron chi connectivity index (χ4n) is 1.66. The van der Waals surface area contributed by atoms with Crippen molar-refractivity contribution in [3.05, 3.63) is 0 Å². The summed E-state index contributed by atoms with van der Waals surface area (Å²) in [7, 11) is 0. The van der Waals surface area contributed by atoms with E-state index in [0.29, 0.717) is 6.04 Å². The zero-order valence-electron chi connectivity index (χ0n) is 11.6. The summed E-state index contributed by atoms with van der Waals surface area (Å²) in [5.74, 6) is 0. The lowest BCUT2D eigenvalue weighted by molar-refractivity contribution is 0.121. The molecule has 0 spiro atoms. The summed E-state index contributed by atoms with van der Waals surface area (Å²) in [4.78, 5) is 0. The molecule has 0 aromatic heterocycles. The maximum absolute atomic E-state index is 5.62. The largest absolute Gasteiger partial charge is 0.381 e. The van der Waals surface area contributed by atoms with Gasteiger partial charge < -0.3 is 10.1 Å². The minimum absolute atomic E-state index is 0.597. The number of ether oxygens (including phenoxy) is 1. The number of unbranched alkanes of at least 4 members (excludes halogenated alkanes) is 4. The Bertz CT molecular complexity index is 128. The Balaban J connectivity index is 3.02. The minimum Gasteiger partial charge on any atom is -0.381 e. The van der Waals surface area contributed by atoms with Crippen molar-refractivity contribution in [3.63, 3.8) is 0 Å². The zero-order chi connectivity index (χ0) is 12.1. The smallest absolute Gasteiger partial charge is 0.0480 e. The van der Waals surface area contributed by atoms with Gasteiger partial charge in [-0.05, 0) is 32.7 Å². The summed E-state index contributed by atoms with van der Waals surface area (Å²) in [6.07, 6.45) is 8.97. The van der Waals surface area contributed by atoms with Gasteiger partial charge in [0, 0.05) is 19.3 Å². The Morgan fingerprint density at radius 1 is 0.938 bits per heavy atom. The molecule has 2 heteroatoms. The van der Waals surface area contributed by atoms with Crippen LogP contribution in [0.3, 0.4) is 0 Å². The second-order valence-electron chi connectivity index (χ2n) is 4.67. The molecule has 0 bridgehead atoms. The zero-order valence-corrected chi connectivity index (χ0v) is 11.6. The van der Waals surface area contributed by atoms with Crippen molar-refractivity contribution < 1.29 is 4.74 Å². The molecule has 0 saturated heterocycles. The molecule has 0 saturated carbocycles. The van der Waals surface area contributed by atoms with Gasteiger partial charge in [0.05, 0.1) is 0 Å². The highest BCUT2D eigenvalue weighted by molar-refractivity contribution is 4.58. The predicted molar refractivity (Wildman–Crippen MR) is 72.0 cm³/mol. The van der Waals surface area contributed by atoms with Gasteiger partial charge in [-0.2, -0.15) is 0 Å². The third-order valence-corrected chi connectivity index (χ3v) is 2.83. The molecule has 0 aliphatic carbocycles. The van der Waals surface area contributed by atoms with E-state index in [1.807, 2.05) is 0 Å². The van der Waals surface area contributed by atoms with Crippen molar-refractivity contribution >= 4 is 0 Å². The fraction of sp³-hybridized carbons (Fsp3) is 1.00. The van der Waals surface area contributed by atoms with Crippen LogP contribution in [0.2, 0.25) is 0 Å². The van der Waals surface area contributed by atoms with Gasteiger partial charge in [0.25, 0.3) is 0 Å². The van der Waals surface area contributed by atoms with Crippen molar-refractivity contribution in [3.8, 4) is 0 Å². The SMILES string of the molecule is CCCCCCCOCCC(C)NCCC. The first-order valence-corrected chi connectivity index (χ1v) is 7.12. The lowest BCUT2D eigenvalue weighted by Gasteiger charge is -2.12. The van der Waals surface area contributed by atoms with Gasteiger partial charge in [0.2, 0.25) is 0 Å². The Hall–Kier alpha value is -0.0800. The van der Waals surface area contributed by atoms with E-state index in [1.54, 1.807) is 0 Å². The Morgan fingerprint density at radius 2 is 1.69 bits per heavy atom. The molecule has 1 unspecified atom stereocenters. The number of rotatable bonds is 12. The average Bonchev–Trinajstić information content (AvgIpc) is 2.30. The van der Waals surface area contributed by atoms with Gasteiger partial charge in [0.15, 0.2) is 0 Å². The average molecular weight is 229 g/mol. The molecule has 16 heavy (non-hydrogen) atoms. The monoisotopic (exact) mass is 229 g/mol. The molecule has 1 N–H and O–H groups in total. The van der Waals surface area contributed by atoms with Crippen molar-refractivity contribution in [1.29, 1.82) is 0 Å². The van der Waals surface area contributed by atoms with Crippen molar-refractivity contribution in [2.45, 2.75) is 71.8 Å². The van der Waals surface area contributed by atoms with Crippen molar-refractivity contribution in [1.82, 2.24) is 5.32 Å². The van der Waals surface area contributed by atoms with Crippen LogP contribution in [0.4, 0.5) is 0 Å². The molecule has 0 rings (SSSR count). The molecule has 1 atom stereocenters. The van der Waals surface area contributed by atoms with Crippen LogP contribution in [0.25, 0.3) is 0 Å².